The largest absolute Gasteiger partial charge is 0.392 e. The van der Waals surface area contributed by atoms with E-state index in [1.54, 1.807) is 0 Å². The van der Waals surface area contributed by atoms with E-state index in [2.05, 4.69) is 0 Å². The van der Waals surface area contributed by atoms with E-state index in [1.165, 1.54) is 0 Å². The van der Waals surface area contributed by atoms with E-state index in [4.69, 9.17) is 9.66 Å². The maximum Gasteiger partial charge on any atom is 0.267 e. The Morgan fingerprint density at radius 2 is 2.00 bits per heavy atom. The minimum absolute atomic E-state index is 0.403. The Kier molecular flexibility index (Phi) is 3.85. The lowest BCUT2D eigenvalue weighted by Gasteiger charge is -2.04. The Morgan fingerprint density at radius 1 is 1.50 bits per heavy atom. The molecule has 2 N–H and O–H groups in total. The van der Waals surface area contributed by atoms with Crippen LogP contribution in [0.3, 0.4) is 0 Å². The van der Waals surface area contributed by atoms with Gasteiger partial charge in [-0.25, -0.2) is 0 Å². The molecule has 0 aliphatic carbocycles. The predicted octanol–water partition coefficient (Wildman–Crippen LogP) is 0.0352. The van der Waals surface area contributed by atoms with Crippen LogP contribution in [0.4, 0.5) is 0 Å². The van der Waals surface area contributed by atoms with Crippen LogP contribution in [0.15, 0.2) is 0 Å². The second-order valence-electron chi connectivity index (χ2n) is 2.19. The summed E-state index contributed by atoms with van der Waals surface area (Å²) >= 11 is 0. The number of aliphatic hydroxyl groups excluding tert-OH is 1. The molecular weight excluding hydrogens is 156 g/mol. The molecule has 5 heteroatoms. The van der Waals surface area contributed by atoms with Crippen molar-refractivity contribution in [3.63, 3.8) is 0 Å². The molecule has 10 heavy (non-hydrogen) atoms. The quantitative estimate of drug-likeness (QED) is 0.581. The van der Waals surface area contributed by atoms with Crippen molar-refractivity contribution in [2.24, 2.45) is 0 Å². The highest BCUT2D eigenvalue weighted by molar-refractivity contribution is 7.85. The average Bonchev–Trinajstić information content (AvgIpc) is 1.59. The van der Waals surface area contributed by atoms with E-state index in [1.807, 2.05) is 6.92 Å². The molecule has 0 saturated heterocycles. The molecule has 0 saturated carbocycles. The Bertz CT molecular complexity index is 172. The lowest BCUT2D eigenvalue weighted by atomic mass is 10.2. The van der Waals surface area contributed by atoms with Gasteiger partial charge in [0, 0.05) is 0 Å². The van der Waals surface area contributed by atoms with Crippen LogP contribution in [0.1, 0.15) is 19.8 Å². The Hall–Kier alpha value is -0.130. The van der Waals surface area contributed by atoms with Gasteiger partial charge in [0.15, 0.2) is 0 Å². The van der Waals surface area contributed by atoms with Crippen LogP contribution in [0, 0.1) is 0 Å². The fourth-order valence-corrected chi connectivity index (χ4v) is 1.31. The fourth-order valence-electron chi connectivity index (χ4n) is 0.660. The van der Waals surface area contributed by atoms with Crippen LogP contribution in [0.25, 0.3) is 0 Å². The first-order chi connectivity index (χ1) is 4.45. The zero-order valence-electron chi connectivity index (χ0n) is 5.82. The van der Waals surface area contributed by atoms with Crippen molar-refractivity contribution in [3.8, 4) is 0 Å². The lowest BCUT2D eigenvalue weighted by Crippen LogP contribution is -2.19. The first-order valence-electron chi connectivity index (χ1n) is 3.09. The average molecular weight is 168 g/mol. The van der Waals surface area contributed by atoms with Gasteiger partial charge in [0.2, 0.25) is 0 Å². The minimum Gasteiger partial charge on any atom is -0.392 e. The van der Waals surface area contributed by atoms with Crippen LogP contribution in [-0.4, -0.2) is 29.9 Å². The van der Waals surface area contributed by atoms with Crippen LogP contribution in [-0.2, 0) is 10.1 Å². The second kappa shape index (κ2) is 3.90. The first kappa shape index (κ1) is 9.87. The number of hydrogen-bond donors (Lipinski definition) is 2. The third-order valence-electron chi connectivity index (χ3n) is 1.02. The van der Waals surface area contributed by atoms with E-state index in [-0.39, 0.29) is 0 Å². The maximum atomic E-state index is 10.1. The maximum absolute atomic E-state index is 10.1. The van der Waals surface area contributed by atoms with Crippen molar-refractivity contribution in [3.05, 3.63) is 0 Å². The van der Waals surface area contributed by atoms with Crippen molar-refractivity contribution in [1.82, 2.24) is 0 Å². The molecule has 0 heterocycles. The summed E-state index contributed by atoms with van der Waals surface area (Å²) in [5.41, 5.74) is 0. The number of aliphatic hydroxyl groups is 1. The molecule has 0 aromatic carbocycles. The summed E-state index contributed by atoms with van der Waals surface area (Å²) in [7, 11) is -4.00. The Morgan fingerprint density at radius 3 is 2.30 bits per heavy atom. The van der Waals surface area contributed by atoms with Gasteiger partial charge in [-0.1, -0.05) is 13.3 Å². The molecule has 0 aromatic heterocycles. The monoisotopic (exact) mass is 168 g/mol. The fraction of sp³-hybridized carbons (Fsp3) is 1.00. The smallest absolute Gasteiger partial charge is 0.267 e. The highest BCUT2D eigenvalue weighted by Gasteiger charge is 2.12. The van der Waals surface area contributed by atoms with E-state index >= 15 is 0 Å². The van der Waals surface area contributed by atoms with Gasteiger partial charge in [-0.2, -0.15) is 8.42 Å². The lowest BCUT2D eigenvalue weighted by molar-refractivity contribution is 0.183. The molecule has 0 spiro atoms. The third kappa shape index (κ3) is 6.00. The molecule has 4 nitrogen and oxygen atoms in total. The van der Waals surface area contributed by atoms with Gasteiger partial charge >= 0.3 is 0 Å². The Balaban J connectivity index is 3.69. The molecule has 0 aromatic rings. The van der Waals surface area contributed by atoms with E-state index in [0.717, 1.165) is 0 Å². The number of hydrogen-bond acceptors (Lipinski definition) is 3. The van der Waals surface area contributed by atoms with Crippen molar-refractivity contribution >= 4 is 10.1 Å². The van der Waals surface area contributed by atoms with Gasteiger partial charge in [-0.3, -0.25) is 4.55 Å². The standard InChI is InChI=1S/C5H12O4S/c1-2-3-5(6)4-10(7,8)9/h5-6H,2-4H2,1H3,(H,7,8,9)/t5-/m1/s1. The zero-order chi connectivity index (χ0) is 8.20. The molecule has 0 radical (unpaired) electrons. The highest BCUT2D eigenvalue weighted by Crippen LogP contribution is 1.98. The van der Waals surface area contributed by atoms with Crippen LogP contribution in [0.5, 0.6) is 0 Å². The normalized spacial score (nSPS) is 15.1. The summed E-state index contributed by atoms with van der Waals surface area (Å²) < 4.78 is 28.5. The molecule has 0 aliphatic rings. The molecule has 0 amide bonds. The van der Waals surface area contributed by atoms with Crippen LogP contribution in [0.2, 0.25) is 0 Å². The highest BCUT2D eigenvalue weighted by atomic mass is 32.2. The van der Waals surface area contributed by atoms with Gasteiger partial charge in [0.05, 0.1) is 6.10 Å². The summed E-state index contributed by atoms with van der Waals surface area (Å²) in [5.74, 6) is -0.555. The van der Waals surface area contributed by atoms with Crippen LogP contribution >= 0.6 is 0 Å². The predicted molar refractivity (Wildman–Crippen MR) is 37.3 cm³/mol. The third-order valence-corrected chi connectivity index (χ3v) is 1.83. The molecular formula is C5H12O4S. The van der Waals surface area contributed by atoms with E-state index < -0.39 is 22.0 Å². The van der Waals surface area contributed by atoms with E-state index in [0.29, 0.717) is 12.8 Å². The molecule has 0 fully saturated rings. The molecule has 1 atom stereocenters. The van der Waals surface area contributed by atoms with Gasteiger partial charge in [0.1, 0.15) is 5.75 Å². The van der Waals surface area contributed by atoms with Gasteiger partial charge in [-0.05, 0) is 6.42 Å². The summed E-state index contributed by atoms with van der Waals surface area (Å²) in [6.07, 6.45) is 0.177. The topological polar surface area (TPSA) is 74.6 Å². The first-order valence-corrected chi connectivity index (χ1v) is 4.70. The van der Waals surface area contributed by atoms with Crippen LogP contribution < -0.4 is 0 Å². The summed E-state index contributed by atoms with van der Waals surface area (Å²) in [5, 5.41) is 8.85. The molecule has 62 valence electrons. The minimum atomic E-state index is -4.00. The zero-order valence-corrected chi connectivity index (χ0v) is 6.63. The van der Waals surface area contributed by atoms with Crippen molar-refractivity contribution in [2.75, 3.05) is 5.75 Å². The summed E-state index contributed by atoms with van der Waals surface area (Å²) in [6, 6.07) is 0. The SMILES string of the molecule is CCC[C@@H](O)CS(=O)(=O)O. The second-order valence-corrected chi connectivity index (χ2v) is 3.69. The van der Waals surface area contributed by atoms with Gasteiger partial charge < -0.3 is 5.11 Å². The van der Waals surface area contributed by atoms with Crippen molar-refractivity contribution in [1.29, 1.82) is 0 Å². The summed E-state index contributed by atoms with van der Waals surface area (Å²) in [6.45, 7) is 1.83. The van der Waals surface area contributed by atoms with Gasteiger partial charge in [-0.15, -0.1) is 0 Å². The molecule has 0 aliphatic heterocycles. The Labute approximate surface area is 60.6 Å². The number of rotatable bonds is 4. The molecule has 0 rings (SSSR count). The molecule has 0 unspecified atom stereocenters. The van der Waals surface area contributed by atoms with E-state index in [9.17, 15) is 8.42 Å². The van der Waals surface area contributed by atoms with Crippen molar-refractivity contribution in [2.45, 2.75) is 25.9 Å². The summed E-state index contributed by atoms with van der Waals surface area (Å²) in [4.78, 5) is 0. The molecule has 0 bridgehead atoms. The van der Waals surface area contributed by atoms with Crippen molar-refractivity contribution < 1.29 is 18.1 Å². The van der Waals surface area contributed by atoms with Gasteiger partial charge in [0.25, 0.3) is 10.1 Å².